The molecule has 2 heterocycles. The highest BCUT2D eigenvalue weighted by molar-refractivity contribution is 5.93. The fourth-order valence-corrected chi connectivity index (χ4v) is 3.92. The SMILES string of the molecule is N[C@@H](Cc1c[nH]c2ccccc12)C(=O)N[C@@H](CCC(=O)O)C(=O)N1CCC[C@@H]1C(=O)O. The lowest BCUT2D eigenvalue weighted by Crippen LogP contribution is -2.55. The van der Waals surface area contributed by atoms with Crippen molar-refractivity contribution in [2.45, 2.75) is 50.2 Å². The molecule has 0 saturated carbocycles. The van der Waals surface area contributed by atoms with Gasteiger partial charge in [0.1, 0.15) is 12.1 Å². The molecular weight excluding hydrogens is 404 g/mol. The van der Waals surface area contributed by atoms with Crippen molar-refractivity contribution in [2.75, 3.05) is 6.54 Å². The van der Waals surface area contributed by atoms with Crippen LogP contribution in [0.15, 0.2) is 30.5 Å². The van der Waals surface area contributed by atoms with E-state index in [1.807, 2.05) is 24.3 Å². The third-order valence-electron chi connectivity index (χ3n) is 5.53. The van der Waals surface area contributed by atoms with Crippen LogP contribution in [-0.2, 0) is 25.6 Å². The van der Waals surface area contributed by atoms with Crippen molar-refractivity contribution in [3.8, 4) is 0 Å². The Morgan fingerprint density at radius 3 is 2.68 bits per heavy atom. The molecule has 0 radical (unpaired) electrons. The van der Waals surface area contributed by atoms with Crippen molar-refractivity contribution in [3.05, 3.63) is 36.0 Å². The number of likely N-dealkylation sites (tertiary alicyclic amines) is 1. The average Bonchev–Trinajstić information content (AvgIpc) is 3.38. The molecule has 1 aromatic heterocycles. The molecular formula is C21H26N4O6. The number of aromatic nitrogens is 1. The second-order valence-corrected chi connectivity index (χ2v) is 7.69. The van der Waals surface area contributed by atoms with Crippen LogP contribution < -0.4 is 11.1 Å². The van der Waals surface area contributed by atoms with Gasteiger partial charge in [-0.15, -0.1) is 0 Å². The summed E-state index contributed by atoms with van der Waals surface area (Å²) in [4.78, 5) is 52.4. The highest BCUT2D eigenvalue weighted by Crippen LogP contribution is 2.21. The molecule has 1 aliphatic rings. The Bertz CT molecular complexity index is 987. The van der Waals surface area contributed by atoms with E-state index in [4.69, 9.17) is 10.8 Å². The van der Waals surface area contributed by atoms with Crippen LogP contribution in [0.5, 0.6) is 0 Å². The van der Waals surface area contributed by atoms with E-state index in [1.54, 1.807) is 6.20 Å². The minimum absolute atomic E-state index is 0.150. The van der Waals surface area contributed by atoms with E-state index < -0.39 is 41.9 Å². The molecule has 1 saturated heterocycles. The topological polar surface area (TPSA) is 166 Å². The van der Waals surface area contributed by atoms with E-state index in [2.05, 4.69) is 10.3 Å². The number of rotatable bonds is 9. The van der Waals surface area contributed by atoms with Gasteiger partial charge in [-0.05, 0) is 37.3 Å². The van der Waals surface area contributed by atoms with Gasteiger partial charge in [-0.25, -0.2) is 4.79 Å². The highest BCUT2D eigenvalue weighted by Gasteiger charge is 2.38. The molecule has 2 amide bonds. The van der Waals surface area contributed by atoms with Crippen molar-refractivity contribution in [1.82, 2.24) is 15.2 Å². The number of aliphatic carboxylic acids is 2. The number of nitrogens with zero attached hydrogens (tertiary/aromatic N) is 1. The van der Waals surface area contributed by atoms with Crippen LogP contribution in [0.2, 0.25) is 0 Å². The number of benzene rings is 1. The summed E-state index contributed by atoms with van der Waals surface area (Å²) in [7, 11) is 0. The van der Waals surface area contributed by atoms with Crippen LogP contribution in [0.4, 0.5) is 0 Å². The largest absolute Gasteiger partial charge is 0.481 e. The summed E-state index contributed by atoms with van der Waals surface area (Å²) >= 11 is 0. The molecule has 1 aliphatic heterocycles. The van der Waals surface area contributed by atoms with E-state index in [-0.39, 0.29) is 25.8 Å². The number of carbonyl (C=O) groups is 4. The summed E-state index contributed by atoms with van der Waals surface area (Å²) in [5.41, 5.74) is 7.83. The first kappa shape index (κ1) is 22.3. The molecule has 1 aromatic carbocycles. The average molecular weight is 430 g/mol. The highest BCUT2D eigenvalue weighted by atomic mass is 16.4. The number of nitrogens with two attached hydrogens (primary N) is 1. The Kier molecular flexibility index (Phi) is 6.91. The van der Waals surface area contributed by atoms with Gasteiger partial charge in [0.25, 0.3) is 0 Å². The molecule has 31 heavy (non-hydrogen) atoms. The van der Waals surface area contributed by atoms with Crippen molar-refractivity contribution in [1.29, 1.82) is 0 Å². The van der Waals surface area contributed by atoms with Gasteiger partial charge >= 0.3 is 11.9 Å². The van der Waals surface area contributed by atoms with Gasteiger partial charge in [0.15, 0.2) is 0 Å². The summed E-state index contributed by atoms with van der Waals surface area (Å²) in [5, 5.41) is 21.8. The molecule has 0 aliphatic carbocycles. The van der Waals surface area contributed by atoms with Crippen molar-refractivity contribution < 1.29 is 29.4 Å². The number of hydrogen-bond acceptors (Lipinski definition) is 5. The summed E-state index contributed by atoms with van der Waals surface area (Å²) < 4.78 is 0. The Hall–Kier alpha value is -3.40. The first-order valence-electron chi connectivity index (χ1n) is 10.1. The summed E-state index contributed by atoms with van der Waals surface area (Å²) in [6, 6.07) is 4.48. The van der Waals surface area contributed by atoms with Gasteiger partial charge in [-0.3, -0.25) is 14.4 Å². The molecule has 2 aromatic rings. The van der Waals surface area contributed by atoms with Gasteiger partial charge in [-0.1, -0.05) is 18.2 Å². The zero-order valence-electron chi connectivity index (χ0n) is 16.9. The van der Waals surface area contributed by atoms with E-state index in [0.717, 1.165) is 16.5 Å². The van der Waals surface area contributed by atoms with Crippen LogP contribution in [0.3, 0.4) is 0 Å². The third-order valence-corrected chi connectivity index (χ3v) is 5.53. The smallest absolute Gasteiger partial charge is 0.326 e. The van der Waals surface area contributed by atoms with Crippen LogP contribution in [0.25, 0.3) is 10.9 Å². The van der Waals surface area contributed by atoms with Crippen molar-refractivity contribution in [3.63, 3.8) is 0 Å². The predicted molar refractivity (Wildman–Crippen MR) is 111 cm³/mol. The fraction of sp³-hybridized carbons (Fsp3) is 0.429. The van der Waals surface area contributed by atoms with E-state index in [0.29, 0.717) is 12.8 Å². The van der Waals surface area contributed by atoms with Crippen LogP contribution in [0, 0.1) is 0 Å². The molecule has 6 N–H and O–H groups in total. The van der Waals surface area contributed by atoms with Gasteiger partial charge in [0.05, 0.1) is 6.04 Å². The number of aromatic amines is 1. The van der Waals surface area contributed by atoms with Crippen molar-refractivity contribution >= 4 is 34.7 Å². The molecule has 3 atom stereocenters. The number of hydrogen-bond donors (Lipinski definition) is 5. The van der Waals surface area contributed by atoms with E-state index in [9.17, 15) is 24.3 Å². The van der Waals surface area contributed by atoms with E-state index in [1.165, 1.54) is 4.90 Å². The maximum absolute atomic E-state index is 12.9. The third kappa shape index (κ3) is 5.21. The lowest BCUT2D eigenvalue weighted by molar-refractivity contribution is -0.150. The molecule has 10 heteroatoms. The lowest BCUT2D eigenvalue weighted by Gasteiger charge is -2.27. The van der Waals surface area contributed by atoms with Gasteiger partial charge in [0.2, 0.25) is 11.8 Å². The number of H-pyrrole nitrogens is 1. The standard InChI is InChI=1S/C21H26N4O6/c22-14(10-12-11-23-15-5-2-1-4-13(12)15)19(28)24-16(7-8-18(26)27)20(29)25-9-3-6-17(25)21(30)31/h1-2,4-5,11,14,16-17,23H,3,6-10,22H2,(H,24,28)(H,26,27)(H,30,31)/t14-,16-,17+/m0/s1. The summed E-state index contributed by atoms with van der Waals surface area (Å²) in [6.07, 6.45) is 2.34. The molecule has 1 fully saturated rings. The van der Waals surface area contributed by atoms with Gasteiger partial charge < -0.3 is 31.1 Å². The number of amides is 2. The Balaban J connectivity index is 1.70. The maximum atomic E-state index is 12.9. The Labute approximate surface area is 178 Å². The Morgan fingerprint density at radius 1 is 1.23 bits per heavy atom. The predicted octanol–water partition coefficient (Wildman–Crippen LogP) is 0.463. The number of nitrogens with one attached hydrogen (secondary N) is 2. The van der Waals surface area contributed by atoms with Gasteiger partial charge in [-0.2, -0.15) is 0 Å². The number of carbonyl (C=O) groups excluding carboxylic acids is 2. The zero-order chi connectivity index (χ0) is 22.5. The summed E-state index contributed by atoms with van der Waals surface area (Å²) in [6.45, 7) is 0.247. The van der Waals surface area contributed by atoms with Crippen LogP contribution in [-0.4, -0.2) is 68.5 Å². The maximum Gasteiger partial charge on any atom is 0.326 e. The van der Waals surface area contributed by atoms with E-state index >= 15 is 0 Å². The monoisotopic (exact) mass is 430 g/mol. The first-order valence-corrected chi connectivity index (χ1v) is 10.1. The normalized spacial score (nSPS) is 18.0. The second kappa shape index (κ2) is 9.61. The number of fused-ring (bicyclic) bond motifs is 1. The second-order valence-electron chi connectivity index (χ2n) is 7.69. The molecule has 0 spiro atoms. The van der Waals surface area contributed by atoms with Crippen molar-refractivity contribution in [2.24, 2.45) is 5.73 Å². The molecule has 3 rings (SSSR count). The number of carboxylic acid groups (broad SMARTS) is 2. The zero-order valence-corrected chi connectivity index (χ0v) is 16.9. The minimum atomic E-state index is -1.16. The van der Waals surface area contributed by atoms with Crippen LogP contribution >= 0.6 is 0 Å². The number of para-hydroxylation sites is 1. The molecule has 10 nitrogen and oxygen atoms in total. The fourth-order valence-electron chi connectivity index (χ4n) is 3.92. The number of carboxylic acids is 2. The lowest BCUT2D eigenvalue weighted by atomic mass is 10.0. The molecule has 0 bridgehead atoms. The summed E-state index contributed by atoms with van der Waals surface area (Å²) in [5.74, 6) is -3.43. The van der Waals surface area contributed by atoms with Crippen LogP contribution in [0.1, 0.15) is 31.2 Å². The molecule has 166 valence electrons. The quantitative estimate of drug-likeness (QED) is 0.385. The van der Waals surface area contributed by atoms with Gasteiger partial charge in [0, 0.05) is 30.1 Å². The molecule has 0 unspecified atom stereocenters. The minimum Gasteiger partial charge on any atom is -0.481 e. The Morgan fingerprint density at radius 2 is 1.97 bits per heavy atom. The first-order chi connectivity index (χ1) is 14.8.